The second-order valence-electron chi connectivity index (χ2n) is 5.84. The molecule has 1 aromatic carbocycles. The summed E-state index contributed by atoms with van der Waals surface area (Å²) < 4.78 is 13.0. The van der Waals surface area contributed by atoms with Crippen LogP contribution in [0.1, 0.15) is 33.3 Å². The van der Waals surface area contributed by atoms with Gasteiger partial charge < -0.3 is 5.32 Å². The molecule has 0 saturated carbocycles. The lowest BCUT2D eigenvalue weighted by molar-refractivity contribution is -0.123. The van der Waals surface area contributed by atoms with Gasteiger partial charge in [-0.2, -0.15) is 0 Å². The Kier molecular flexibility index (Phi) is 5.96. The van der Waals surface area contributed by atoms with Crippen LogP contribution in [0.5, 0.6) is 0 Å². The maximum atomic E-state index is 13.0. The van der Waals surface area contributed by atoms with Crippen LogP contribution in [0.3, 0.4) is 0 Å². The van der Waals surface area contributed by atoms with Crippen LogP contribution < -0.4 is 5.32 Å². The molecule has 1 N–H and O–H groups in total. The fraction of sp³-hybridized carbons (Fsp3) is 0.533. The fourth-order valence-corrected chi connectivity index (χ4v) is 2.06. The molecule has 5 heteroatoms. The molecule has 0 aliphatic rings. The SMILES string of the molecule is CCN(CC(=O)NC(C)(C)C)Cc1ccc(F)cc1Cl. The lowest BCUT2D eigenvalue weighted by Gasteiger charge is -2.25. The van der Waals surface area contributed by atoms with E-state index in [1.165, 1.54) is 12.1 Å². The minimum atomic E-state index is -0.354. The van der Waals surface area contributed by atoms with Crippen molar-refractivity contribution in [2.45, 2.75) is 39.8 Å². The van der Waals surface area contributed by atoms with E-state index < -0.39 is 0 Å². The number of carbonyl (C=O) groups is 1. The van der Waals surface area contributed by atoms with E-state index >= 15 is 0 Å². The molecule has 0 heterocycles. The van der Waals surface area contributed by atoms with Gasteiger partial charge in [0.05, 0.1) is 6.54 Å². The number of carbonyl (C=O) groups excluding carboxylic acids is 1. The van der Waals surface area contributed by atoms with Crippen molar-refractivity contribution in [1.82, 2.24) is 10.2 Å². The summed E-state index contributed by atoms with van der Waals surface area (Å²) >= 11 is 6.01. The van der Waals surface area contributed by atoms with Gasteiger partial charge in [-0.15, -0.1) is 0 Å². The van der Waals surface area contributed by atoms with E-state index in [2.05, 4.69) is 5.32 Å². The van der Waals surface area contributed by atoms with Gasteiger partial charge in [0, 0.05) is 17.1 Å². The van der Waals surface area contributed by atoms with E-state index in [1.54, 1.807) is 6.07 Å². The minimum Gasteiger partial charge on any atom is -0.350 e. The molecular formula is C15H22ClFN2O. The van der Waals surface area contributed by atoms with Gasteiger partial charge in [0.25, 0.3) is 0 Å². The summed E-state index contributed by atoms with van der Waals surface area (Å²) in [5.41, 5.74) is 0.572. The van der Waals surface area contributed by atoms with Crippen molar-refractivity contribution in [3.05, 3.63) is 34.6 Å². The summed E-state index contributed by atoms with van der Waals surface area (Å²) in [4.78, 5) is 13.9. The van der Waals surface area contributed by atoms with E-state index in [0.29, 0.717) is 24.7 Å². The Hall–Kier alpha value is -1.13. The van der Waals surface area contributed by atoms with Gasteiger partial charge in [0.1, 0.15) is 5.82 Å². The van der Waals surface area contributed by atoms with Gasteiger partial charge in [0.15, 0.2) is 0 Å². The molecule has 1 amide bonds. The summed E-state index contributed by atoms with van der Waals surface area (Å²) in [6.45, 7) is 9.33. The van der Waals surface area contributed by atoms with Crippen LogP contribution in [-0.2, 0) is 11.3 Å². The molecule has 1 rings (SSSR count). The van der Waals surface area contributed by atoms with E-state index in [0.717, 1.165) is 5.56 Å². The molecule has 0 fully saturated rings. The summed E-state index contributed by atoms with van der Waals surface area (Å²) in [6.07, 6.45) is 0. The monoisotopic (exact) mass is 300 g/mol. The zero-order valence-electron chi connectivity index (χ0n) is 12.5. The summed E-state index contributed by atoms with van der Waals surface area (Å²) in [5, 5.41) is 3.31. The van der Waals surface area contributed by atoms with Crippen molar-refractivity contribution in [3.63, 3.8) is 0 Å². The number of hydrogen-bond acceptors (Lipinski definition) is 2. The molecule has 0 atom stereocenters. The Morgan fingerprint density at radius 1 is 1.40 bits per heavy atom. The van der Waals surface area contributed by atoms with Crippen LogP contribution in [0.25, 0.3) is 0 Å². The molecule has 0 aromatic heterocycles. The molecule has 20 heavy (non-hydrogen) atoms. The molecular weight excluding hydrogens is 279 g/mol. The number of rotatable bonds is 5. The lowest BCUT2D eigenvalue weighted by Crippen LogP contribution is -2.45. The average molecular weight is 301 g/mol. The number of hydrogen-bond donors (Lipinski definition) is 1. The Morgan fingerprint density at radius 3 is 2.55 bits per heavy atom. The Labute approximate surface area is 125 Å². The van der Waals surface area contributed by atoms with Crippen molar-refractivity contribution >= 4 is 17.5 Å². The van der Waals surface area contributed by atoms with Gasteiger partial charge in [0.2, 0.25) is 5.91 Å². The maximum absolute atomic E-state index is 13.0. The summed E-state index contributed by atoms with van der Waals surface area (Å²) in [5.74, 6) is -0.384. The second kappa shape index (κ2) is 7.04. The van der Waals surface area contributed by atoms with E-state index in [-0.39, 0.29) is 17.3 Å². The van der Waals surface area contributed by atoms with Crippen molar-refractivity contribution in [1.29, 1.82) is 0 Å². The van der Waals surface area contributed by atoms with Gasteiger partial charge in [-0.3, -0.25) is 9.69 Å². The molecule has 1 aromatic rings. The van der Waals surface area contributed by atoms with Crippen molar-refractivity contribution in [2.24, 2.45) is 0 Å². The third-order valence-electron chi connectivity index (χ3n) is 2.74. The molecule has 0 saturated heterocycles. The molecule has 112 valence electrons. The maximum Gasteiger partial charge on any atom is 0.234 e. The van der Waals surface area contributed by atoms with E-state index in [1.807, 2.05) is 32.6 Å². The molecule has 0 radical (unpaired) electrons. The van der Waals surface area contributed by atoms with Crippen LogP contribution in [-0.4, -0.2) is 29.4 Å². The average Bonchev–Trinajstić information content (AvgIpc) is 2.29. The number of halogens is 2. The fourth-order valence-electron chi connectivity index (χ4n) is 1.83. The van der Waals surface area contributed by atoms with Crippen LogP contribution in [0, 0.1) is 5.82 Å². The van der Waals surface area contributed by atoms with Gasteiger partial charge in [-0.1, -0.05) is 24.6 Å². The molecule has 0 aliphatic carbocycles. The van der Waals surface area contributed by atoms with Crippen LogP contribution in [0.15, 0.2) is 18.2 Å². The molecule has 0 bridgehead atoms. The Morgan fingerprint density at radius 2 is 2.05 bits per heavy atom. The second-order valence-corrected chi connectivity index (χ2v) is 6.24. The number of nitrogens with one attached hydrogen (secondary N) is 1. The summed E-state index contributed by atoms with van der Waals surface area (Å²) in [6, 6.07) is 4.33. The Balaban J connectivity index is 2.65. The standard InChI is InChI=1S/C15H22ClFN2O/c1-5-19(10-14(20)18-15(2,3)4)9-11-6-7-12(17)8-13(11)16/h6-8H,5,9-10H2,1-4H3,(H,18,20). The zero-order chi connectivity index (χ0) is 15.3. The topological polar surface area (TPSA) is 32.3 Å². The Bertz CT molecular complexity index is 471. The van der Waals surface area contributed by atoms with Crippen LogP contribution in [0.2, 0.25) is 5.02 Å². The molecule has 0 spiro atoms. The van der Waals surface area contributed by atoms with Gasteiger partial charge >= 0.3 is 0 Å². The van der Waals surface area contributed by atoms with Gasteiger partial charge in [-0.05, 0) is 45.0 Å². The van der Waals surface area contributed by atoms with E-state index in [4.69, 9.17) is 11.6 Å². The first kappa shape index (κ1) is 16.9. The number of amides is 1. The third kappa shape index (κ3) is 5.88. The van der Waals surface area contributed by atoms with Crippen molar-refractivity contribution < 1.29 is 9.18 Å². The minimum absolute atomic E-state index is 0.0300. The predicted molar refractivity (Wildman–Crippen MR) is 80.3 cm³/mol. The number of benzene rings is 1. The van der Waals surface area contributed by atoms with Crippen LogP contribution >= 0.6 is 11.6 Å². The molecule has 0 aliphatic heterocycles. The first-order valence-corrected chi connectivity index (χ1v) is 7.06. The number of likely N-dealkylation sites (N-methyl/N-ethyl adjacent to an activating group) is 1. The highest BCUT2D eigenvalue weighted by Gasteiger charge is 2.16. The molecule has 3 nitrogen and oxygen atoms in total. The van der Waals surface area contributed by atoms with E-state index in [9.17, 15) is 9.18 Å². The van der Waals surface area contributed by atoms with Crippen molar-refractivity contribution in [2.75, 3.05) is 13.1 Å². The first-order chi connectivity index (χ1) is 9.21. The normalized spacial score (nSPS) is 11.8. The zero-order valence-corrected chi connectivity index (χ0v) is 13.2. The summed E-state index contributed by atoms with van der Waals surface area (Å²) in [7, 11) is 0. The van der Waals surface area contributed by atoms with Gasteiger partial charge in [-0.25, -0.2) is 4.39 Å². The van der Waals surface area contributed by atoms with Crippen LogP contribution in [0.4, 0.5) is 4.39 Å². The highest BCUT2D eigenvalue weighted by atomic mass is 35.5. The quantitative estimate of drug-likeness (QED) is 0.905. The van der Waals surface area contributed by atoms with Crippen molar-refractivity contribution in [3.8, 4) is 0 Å². The highest BCUT2D eigenvalue weighted by molar-refractivity contribution is 6.31. The highest BCUT2D eigenvalue weighted by Crippen LogP contribution is 2.18. The molecule has 0 unspecified atom stereocenters. The predicted octanol–water partition coefficient (Wildman–Crippen LogP) is 3.22. The number of nitrogens with zero attached hydrogens (tertiary/aromatic N) is 1. The third-order valence-corrected chi connectivity index (χ3v) is 3.09. The lowest BCUT2D eigenvalue weighted by atomic mass is 10.1. The first-order valence-electron chi connectivity index (χ1n) is 6.68. The smallest absolute Gasteiger partial charge is 0.234 e. The largest absolute Gasteiger partial charge is 0.350 e.